The highest BCUT2D eigenvalue weighted by atomic mass is 79.9. The highest BCUT2D eigenvalue weighted by molar-refractivity contribution is 9.09. The number of nitrogens with zero attached hydrogens (tertiary/aromatic N) is 2. The van der Waals surface area contributed by atoms with E-state index in [1.165, 1.54) is 24.2 Å². The summed E-state index contributed by atoms with van der Waals surface area (Å²) in [5.41, 5.74) is 0.583. The maximum Gasteiger partial charge on any atom is 0.273 e. The highest BCUT2D eigenvalue weighted by Gasteiger charge is 2.29. The van der Waals surface area contributed by atoms with E-state index in [1.54, 1.807) is 4.90 Å². The summed E-state index contributed by atoms with van der Waals surface area (Å²) in [5.74, 6) is 0.695. The number of aryl methyl sites for hydroxylation is 1. The first kappa shape index (κ1) is 12.0. The molecule has 1 heterocycles. The van der Waals surface area contributed by atoms with Gasteiger partial charge in [-0.05, 0) is 25.7 Å². The van der Waals surface area contributed by atoms with Gasteiger partial charge in [-0.3, -0.25) is 4.79 Å². The Morgan fingerprint density at radius 1 is 1.69 bits per heavy atom. The van der Waals surface area contributed by atoms with Crippen LogP contribution >= 0.6 is 27.3 Å². The van der Waals surface area contributed by atoms with E-state index >= 15 is 0 Å². The second-order valence-corrected chi connectivity index (χ2v) is 6.73. The van der Waals surface area contributed by atoms with Gasteiger partial charge in [0, 0.05) is 23.8 Å². The van der Waals surface area contributed by atoms with E-state index in [2.05, 4.69) is 20.9 Å². The van der Waals surface area contributed by atoms with Gasteiger partial charge in [0.1, 0.15) is 5.69 Å². The van der Waals surface area contributed by atoms with Crippen LogP contribution in [0.3, 0.4) is 0 Å². The SMILES string of the molecule is Cc1nc(C(=O)N(C)CC2CC(Br)C2)cs1. The Labute approximate surface area is 108 Å². The van der Waals surface area contributed by atoms with Crippen molar-refractivity contribution in [3.8, 4) is 0 Å². The van der Waals surface area contributed by atoms with Crippen LogP contribution in [0.25, 0.3) is 0 Å². The molecular formula is C11H15BrN2OS. The van der Waals surface area contributed by atoms with Crippen LogP contribution in [0.5, 0.6) is 0 Å². The van der Waals surface area contributed by atoms with Crippen molar-refractivity contribution in [3.05, 3.63) is 16.1 Å². The maximum absolute atomic E-state index is 12.0. The molecule has 3 nitrogen and oxygen atoms in total. The molecule has 0 aliphatic heterocycles. The number of rotatable bonds is 3. The van der Waals surface area contributed by atoms with Crippen LogP contribution in [0.1, 0.15) is 28.3 Å². The number of carbonyl (C=O) groups is 1. The molecule has 0 spiro atoms. The van der Waals surface area contributed by atoms with Crippen LogP contribution in [-0.2, 0) is 0 Å². The third kappa shape index (κ3) is 2.63. The summed E-state index contributed by atoms with van der Waals surface area (Å²) in [5, 5.41) is 2.78. The third-order valence-electron chi connectivity index (χ3n) is 2.90. The van der Waals surface area contributed by atoms with Crippen molar-refractivity contribution >= 4 is 33.2 Å². The van der Waals surface area contributed by atoms with Gasteiger partial charge in [0.25, 0.3) is 5.91 Å². The fraction of sp³-hybridized carbons (Fsp3) is 0.636. The van der Waals surface area contributed by atoms with Gasteiger partial charge < -0.3 is 4.90 Å². The summed E-state index contributed by atoms with van der Waals surface area (Å²) in [4.78, 5) is 18.6. The number of carbonyl (C=O) groups excluding carboxylic acids is 1. The monoisotopic (exact) mass is 302 g/mol. The van der Waals surface area contributed by atoms with Crippen molar-refractivity contribution in [2.45, 2.75) is 24.6 Å². The molecule has 0 radical (unpaired) electrons. The number of aromatic nitrogens is 1. The molecule has 0 aromatic carbocycles. The lowest BCUT2D eigenvalue weighted by Crippen LogP contribution is -2.37. The van der Waals surface area contributed by atoms with Crippen LogP contribution in [0.15, 0.2) is 5.38 Å². The Balaban J connectivity index is 1.89. The molecule has 5 heteroatoms. The first-order valence-electron chi connectivity index (χ1n) is 5.38. The minimum atomic E-state index is 0.0439. The topological polar surface area (TPSA) is 33.2 Å². The minimum Gasteiger partial charge on any atom is -0.340 e. The number of hydrogen-bond donors (Lipinski definition) is 0. The lowest BCUT2D eigenvalue weighted by molar-refractivity contribution is 0.0743. The van der Waals surface area contributed by atoms with E-state index in [9.17, 15) is 4.79 Å². The van der Waals surface area contributed by atoms with Crippen LogP contribution in [-0.4, -0.2) is 34.2 Å². The van der Waals surface area contributed by atoms with Crippen molar-refractivity contribution in [3.63, 3.8) is 0 Å². The summed E-state index contributed by atoms with van der Waals surface area (Å²) < 4.78 is 0. The fourth-order valence-corrected chi connectivity index (χ4v) is 3.57. The second kappa shape index (κ2) is 4.84. The van der Waals surface area contributed by atoms with Crippen molar-refractivity contribution in [1.29, 1.82) is 0 Å². The number of hydrogen-bond acceptors (Lipinski definition) is 3. The molecule has 1 amide bonds. The normalized spacial score (nSPS) is 23.9. The zero-order valence-electron chi connectivity index (χ0n) is 9.44. The fourth-order valence-electron chi connectivity index (χ4n) is 1.93. The van der Waals surface area contributed by atoms with Gasteiger partial charge in [0.15, 0.2) is 0 Å². The van der Waals surface area contributed by atoms with E-state index in [-0.39, 0.29) is 5.91 Å². The van der Waals surface area contributed by atoms with Crippen LogP contribution in [0, 0.1) is 12.8 Å². The van der Waals surface area contributed by atoms with Gasteiger partial charge in [-0.2, -0.15) is 0 Å². The molecule has 1 aliphatic carbocycles. The number of thiazole rings is 1. The largest absolute Gasteiger partial charge is 0.340 e. The second-order valence-electron chi connectivity index (χ2n) is 4.37. The summed E-state index contributed by atoms with van der Waals surface area (Å²) in [6.45, 7) is 2.76. The molecule has 16 heavy (non-hydrogen) atoms. The molecule has 88 valence electrons. The minimum absolute atomic E-state index is 0.0439. The van der Waals surface area contributed by atoms with E-state index in [0.717, 1.165) is 11.6 Å². The van der Waals surface area contributed by atoms with E-state index in [4.69, 9.17) is 0 Å². The third-order valence-corrected chi connectivity index (χ3v) is 4.42. The molecule has 0 atom stereocenters. The Morgan fingerprint density at radius 2 is 2.38 bits per heavy atom. The Kier molecular flexibility index (Phi) is 3.64. The van der Waals surface area contributed by atoms with Gasteiger partial charge in [0.2, 0.25) is 0 Å². The Bertz CT molecular complexity index is 387. The van der Waals surface area contributed by atoms with Crippen molar-refractivity contribution in [2.75, 3.05) is 13.6 Å². The van der Waals surface area contributed by atoms with Crippen molar-refractivity contribution in [1.82, 2.24) is 9.88 Å². The maximum atomic E-state index is 12.0. The summed E-state index contributed by atoms with van der Waals surface area (Å²) in [7, 11) is 1.86. The highest BCUT2D eigenvalue weighted by Crippen LogP contribution is 2.33. The summed E-state index contributed by atoms with van der Waals surface area (Å²) in [6.07, 6.45) is 2.35. The first-order chi connectivity index (χ1) is 7.56. The standard InChI is InChI=1S/C11H15BrN2OS/c1-7-13-10(6-16-7)11(15)14(2)5-8-3-9(12)4-8/h6,8-9H,3-5H2,1-2H3. The summed E-state index contributed by atoms with van der Waals surface area (Å²) in [6, 6.07) is 0. The van der Waals surface area contributed by atoms with E-state index < -0.39 is 0 Å². The molecule has 0 unspecified atom stereocenters. The van der Waals surface area contributed by atoms with Crippen LogP contribution in [0.4, 0.5) is 0 Å². The van der Waals surface area contributed by atoms with Gasteiger partial charge in [-0.1, -0.05) is 15.9 Å². The number of halogens is 1. The Hall–Kier alpha value is -0.420. The van der Waals surface area contributed by atoms with Crippen molar-refractivity contribution < 1.29 is 4.79 Å². The zero-order chi connectivity index (χ0) is 11.7. The van der Waals surface area contributed by atoms with Crippen LogP contribution < -0.4 is 0 Å². The average Bonchev–Trinajstić information content (AvgIpc) is 2.61. The zero-order valence-corrected chi connectivity index (χ0v) is 11.8. The smallest absolute Gasteiger partial charge is 0.273 e. The van der Waals surface area contributed by atoms with Gasteiger partial charge in [-0.15, -0.1) is 11.3 Å². The molecule has 1 aromatic rings. The predicted octanol–water partition coefficient (Wildman–Crippen LogP) is 2.70. The Morgan fingerprint density at radius 3 is 2.88 bits per heavy atom. The summed E-state index contributed by atoms with van der Waals surface area (Å²) >= 11 is 5.08. The molecule has 1 fully saturated rings. The molecule has 0 N–H and O–H groups in total. The number of alkyl halides is 1. The van der Waals surface area contributed by atoms with Gasteiger partial charge in [-0.25, -0.2) is 4.98 Å². The van der Waals surface area contributed by atoms with Gasteiger partial charge in [0.05, 0.1) is 5.01 Å². The lowest BCUT2D eigenvalue weighted by Gasteiger charge is -2.34. The van der Waals surface area contributed by atoms with Gasteiger partial charge >= 0.3 is 0 Å². The lowest BCUT2D eigenvalue weighted by atomic mass is 9.85. The molecule has 0 saturated heterocycles. The first-order valence-corrected chi connectivity index (χ1v) is 7.17. The molecule has 2 rings (SSSR count). The molecule has 1 saturated carbocycles. The molecular weight excluding hydrogens is 288 g/mol. The molecule has 1 aliphatic rings. The van der Waals surface area contributed by atoms with E-state index in [1.807, 2.05) is 19.4 Å². The van der Waals surface area contributed by atoms with Crippen LogP contribution in [0.2, 0.25) is 0 Å². The molecule has 0 bridgehead atoms. The average molecular weight is 303 g/mol. The predicted molar refractivity (Wildman–Crippen MR) is 69.3 cm³/mol. The number of amides is 1. The van der Waals surface area contributed by atoms with Crippen molar-refractivity contribution in [2.24, 2.45) is 5.92 Å². The van der Waals surface area contributed by atoms with E-state index in [0.29, 0.717) is 16.4 Å². The quantitative estimate of drug-likeness (QED) is 0.804. The molecule has 1 aromatic heterocycles.